The number of hydrogen-bond donors (Lipinski definition) is 1. The number of aliphatic hydroxyl groups is 1. The van der Waals surface area contributed by atoms with Crippen molar-refractivity contribution in [3.05, 3.63) is 89.1 Å². The summed E-state index contributed by atoms with van der Waals surface area (Å²) >= 11 is 0. The molecule has 0 radical (unpaired) electrons. The van der Waals surface area contributed by atoms with Crippen LogP contribution in [0, 0.1) is 12.8 Å². The number of carbonyl (C=O) groups is 2. The van der Waals surface area contributed by atoms with Crippen LogP contribution < -0.4 is 4.74 Å². The molecule has 1 aromatic carbocycles. The normalized spacial score (nSPS) is 17.7. The van der Waals surface area contributed by atoms with Gasteiger partial charge in [0, 0.05) is 18.0 Å². The lowest BCUT2D eigenvalue weighted by Crippen LogP contribution is -2.29. The molecule has 0 bridgehead atoms. The minimum atomic E-state index is -0.768. The first-order valence-electron chi connectivity index (χ1n) is 10.8. The van der Waals surface area contributed by atoms with Crippen LogP contribution in [0.1, 0.15) is 42.3 Å². The van der Waals surface area contributed by atoms with Crippen molar-refractivity contribution >= 4 is 17.4 Å². The van der Waals surface area contributed by atoms with E-state index in [1.807, 2.05) is 6.92 Å². The summed E-state index contributed by atoms with van der Waals surface area (Å²) in [6.07, 6.45) is 4.69. The third kappa shape index (κ3) is 4.53. The molecule has 2 aromatic heterocycles. The minimum absolute atomic E-state index is 0.0352. The molecule has 1 atom stereocenters. The number of ketones is 1. The van der Waals surface area contributed by atoms with E-state index in [1.54, 1.807) is 54.9 Å². The summed E-state index contributed by atoms with van der Waals surface area (Å²) in [7, 11) is 0. The predicted octanol–water partition coefficient (Wildman–Crippen LogP) is 4.64. The van der Waals surface area contributed by atoms with E-state index in [9.17, 15) is 14.7 Å². The van der Waals surface area contributed by atoms with Crippen LogP contribution >= 0.6 is 0 Å². The molecule has 0 aliphatic carbocycles. The SMILES string of the molecule is Cc1cc(/C(O)=C2/C(=O)C(=O)N(Cc3ccco3)C2c2ccncc2)ccc1OCC(C)C. The lowest BCUT2D eigenvalue weighted by atomic mass is 9.95. The Labute approximate surface area is 192 Å². The Hall–Kier alpha value is -3.87. The number of Topliss-reactive ketones (excluding diaryl/α,β-unsaturated/α-hetero) is 1. The maximum absolute atomic E-state index is 13.1. The maximum atomic E-state index is 13.1. The quantitative estimate of drug-likeness (QED) is 0.323. The molecule has 33 heavy (non-hydrogen) atoms. The second kappa shape index (κ2) is 9.32. The fourth-order valence-corrected chi connectivity index (χ4v) is 3.88. The lowest BCUT2D eigenvalue weighted by Gasteiger charge is -2.24. The number of aryl methyl sites for hydroxylation is 1. The zero-order valence-electron chi connectivity index (χ0n) is 18.8. The van der Waals surface area contributed by atoms with Crippen molar-refractivity contribution in [1.82, 2.24) is 9.88 Å². The third-order valence-electron chi connectivity index (χ3n) is 5.49. The summed E-state index contributed by atoms with van der Waals surface area (Å²) < 4.78 is 11.2. The number of benzene rings is 1. The summed E-state index contributed by atoms with van der Waals surface area (Å²) in [6, 6.07) is 11.4. The van der Waals surface area contributed by atoms with Crippen molar-refractivity contribution in [2.45, 2.75) is 33.4 Å². The lowest BCUT2D eigenvalue weighted by molar-refractivity contribution is -0.140. The first-order chi connectivity index (χ1) is 15.9. The fourth-order valence-electron chi connectivity index (χ4n) is 3.88. The highest BCUT2D eigenvalue weighted by atomic mass is 16.5. The first-order valence-corrected chi connectivity index (χ1v) is 10.8. The third-order valence-corrected chi connectivity index (χ3v) is 5.49. The molecular weight excluding hydrogens is 420 g/mol. The van der Waals surface area contributed by atoms with E-state index in [2.05, 4.69) is 18.8 Å². The number of aromatic nitrogens is 1. The van der Waals surface area contributed by atoms with Crippen molar-refractivity contribution < 1.29 is 23.8 Å². The Balaban J connectivity index is 1.77. The van der Waals surface area contributed by atoms with Crippen LogP contribution in [0.3, 0.4) is 0 Å². The average molecular weight is 447 g/mol. The molecule has 1 aliphatic rings. The number of pyridine rings is 1. The molecule has 7 nitrogen and oxygen atoms in total. The van der Waals surface area contributed by atoms with Gasteiger partial charge in [0.15, 0.2) is 0 Å². The van der Waals surface area contributed by atoms with Gasteiger partial charge in [-0.1, -0.05) is 13.8 Å². The summed E-state index contributed by atoms with van der Waals surface area (Å²) in [4.78, 5) is 31.5. The number of nitrogens with zero attached hydrogens (tertiary/aromatic N) is 2. The van der Waals surface area contributed by atoms with E-state index < -0.39 is 17.7 Å². The fraction of sp³-hybridized carbons (Fsp3) is 0.269. The van der Waals surface area contributed by atoms with E-state index >= 15 is 0 Å². The van der Waals surface area contributed by atoms with Crippen LogP contribution in [0.25, 0.3) is 5.76 Å². The minimum Gasteiger partial charge on any atom is -0.507 e. The van der Waals surface area contributed by atoms with E-state index in [0.29, 0.717) is 35.2 Å². The topological polar surface area (TPSA) is 92.9 Å². The number of ether oxygens (including phenoxy) is 1. The zero-order chi connectivity index (χ0) is 23.5. The molecule has 1 unspecified atom stereocenters. The van der Waals surface area contributed by atoms with Crippen molar-refractivity contribution in [2.24, 2.45) is 5.92 Å². The van der Waals surface area contributed by atoms with Crippen molar-refractivity contribution in [3.63, 3.8) is 0 Å². The van der Waals surface area contributed by atoms with Crippen molar-refractivity contribution in [1.29, 1.82) is 0 Å². The second-order valence-corrected chi connectivity index (χ2v) is 8.47. The van der Waals surface area contributed by atoms with Crippen LogP contribution in [-0.2, 0) is 16.1 Å². The van der Waals surface area contributed by atoms with Gasteiger partial charge in [-0.2, -0.15) is 0 Å². The van der Waals surface area contributed by atoms with Gasteiger partial charge in [0.1, 0.15) is 17.3 Å². The van der Waals surface area contributed by atoms with Gasteiger partial charge < -0.3 is 19.2 Å². The van der Waals surface area contributed by atoms with Gasteiger partial charge in [0.25, 0.3) is 11.7 Å². The van der Waals surface area contributed by atoms with Gasteiger partial charge in [-0.15, -0.1) is 0 Å². The molecule has 0 saturated carbocycles. The molecule has 7 heteroatoms. The standard InChI is InChI=1S/C26H26N2O5/c1-16(2)15-33-21-7-6-19(13-17(21)3)24(29)22-23(18-8-10-27-11-9-18)28(26(31)25(22)30)14-20-5-4-12-32-20/h4-13,16,23,29H,14-15H2,1-3H3/b24-22-. The van der Waals surface area contributed by atoms with Gasteiger partial charge in [-0.3, -0.25) is 14.6 Å². The molecule has 1 saturated heterocycles. The number of likely N-dealkylation sites (tertiary alicyclic amines) is 1. The maximum Gasteiger partial charge on any atom is 0.296 e. The van der Waals surface area contributed by atoms with Crippen LogP contribution in [0.2, 0.25) is 0 Å². The molecule has 3 aromatic rings. The van der Waals surface area contributed by atoms with Crippen LogP contribution in [0.15, 0.2) is 71.1 Å². The summed E-state index contributed by atoms with van der Waals surface area (Å²) in [5.74, 6) is -0.0247. The summed E-state index contributed by atoms with van der Waals surface area (Å²) in [5.41, 5.74) is 1.98. The molecule has 1 aliphatic heterocycles. The Bertz CT molecular complexity index is 1180. The highest BCUT2D eigenvalue weighted by Gasteiger charge is 2.46. The van der Waals surface area contributed by atoms with Crippen LogP contribution in [-0.4, -0.2) is 33.3 Å². The zero-order valence-corrected chi connectivity index (χ0v) is 18.8. The molecule has 1 amide bonds. The van der Waals surface area contributed by atoms with Crippen molar-refractivity contribution in [2.75, 3.05) is 6.61 Å². The number of amides is 1. The molecule has 3 heterocycles. The summed E-state index contributed by atoms with van der Waals surface area (Å²) in [5, 5.41) is 11.2. The molecule has 1 fully saturated rings. The van der Waals surface area contributed by atoms with Crippen molar-refractivity contribution in [3.8, 4) is 5.75 Å². The average Bonchev–Trinajstić information content (AvgIpc) is 3.40. The molecule has 4 rings (SSSR count). The van der Waals surface area contributed by atoms with Gasteiger partial charge in [-0.05, 0) is 66.4 Å². The smallest absolute Gasteiger partial charge is 0.296 e. The highest BCUT2D eigenvalue weighted by Crippen LogP contribution is 2.40. The number of hydrogen-bond acceptors (Lipinski definition) is 6. The van der Waals surface area contributed by atoms with Crippen LogP contribution in [0.5, 0.6) is 5.75 Å². The van der Waals surface area contributed by atoms with Crippen LogP contribution in [0.4, 0.5) is 0 Å². The predicted molar refractivity (Wildman–Crippen MR) is 122 cm³/mol. The molecule has 170 valence electrons. The Morgan fingerprint density at radius 3 is 2.58 bits per heavy atom. The van der Waals surface area contributed by atoms with E-state index in [-0.39, 0.29) is 17.9 Å². The van der Waals surface area contributed by atoms with E-state index in [4.69, 9.17) is 9.15 Å². The van der Waals surface area contributed by atoms with E-state index in [0.717, 1.165) is 5.56 Å². The molecular formula is C26H26N2O5. The number of aliphatic hydroxyl groups excluding tert-OH is 1. The van der Waals surface area contributed by atoms with Gasteiger partial charge in [0.05, 0.1) is 31.0 Å². The largest absolute Gasteiger partial charge is 0.507 e. The summed E-state index contributed by atoms with van der Waals surface area (Å²) in [6.45, 7) is 6.68. The van der Waals surface area contributed by atoms with E-state index in [1.165, 1.54) is 11.2 Å². The first kappa shape index (κ1) is 22.3. The number of carbonyl (C=O) groups excluding carboxylic acids is 2. The second-order valence-electron chi connectivity index (χ2n) is 8.47. The Kier molecular flexibility index (Phi) is 6.31. The molecule has 1 N–H and O–H groups in total. The molecule has 0 spiro atoms. The van der Waals surface area contributed by atoms with Gasteiger partial charge in [-0.25, -0.2) is 0 Å². The Morgan fingerprint density at radius 2 is 1.94 bits per heavy atom. The highest BCUT2D eigenvalue weighted by molar-refractivity contribution is 6.46. The van der Waals surface area contributed by atoms with Gasteiger partial charge in [0.2, 0.25) is 0 Å². The number of rotatable bonds is 7. The Morgan fingerprint density at radius 1 is 1.18 bits per heavy atom. The van der Waals surface area contributed by atoms with Gasteiger partial charge >= 0.3 is 0 Å². The number of furan rings is 1. The monoisotopic (exact) mass is 446 g/mol.